The normalized spacial score (nSPS) is 23.9. The fraction of sp³-hybridized carbons (Fsp3) is 0.643. The smallest absolute Gasteiger partial charge is 0.0599 e. The van der Waals surface area contributed by atoms with E-state index in [1.807, 2.05) is 12.3 Å². The molecule has 1 saturated heterocycles. The number of pyridine rings is 1. The maximum atomic E-state index is 5.88. The number of nitrogens with zero attached hydrogens (tertiary/aromatic N) is 2. The standard InChI is InChI=1S/C14H23N3O.ClH/c1-11-4-3-6-16-14(11)10-17-7-5-13(18-2)8-12(17)9-15;/h3-4,6,12-13H,5,7-10,15H2,1-2H3;1H. The maximum absolute atomic E-state index is 5.88. The Balaban J connectivity index is 0.00000180. The number of halogens is 1. The number of methoxy groups -OCH3 is 1. The molecule has 1 aromatic rings. The van der Waals surface area contributed by atoms with Crippen LogP contribution in [0.5, 0.6) is 0 Å². The van der Waals surface area contributed by atoms with Crippen LogP contribution in [0.4, 0.5) is 0 Å². The second kappa shape index (κ2) is 7.80. The van der Waals surface area contributed by atoms with E-state index in [2.05, 4.69) is 22.9 Å². The van der Waals surface area contributed by atoms with Gasteiger partial charge in [-0.2, -0.15) is 0 Å². The summed E-state index contributed by atoms with van der Waals surface area (Å²) in [5.74, 6) is 0. The number of piperidine rings is 1. The summed E-state index contributed by atoms with van der Waals surface area (Å²) in [6.07, 6.45) is 4.33. The zero-order chi connectivity index (χ0) is 13.0. The molecule has 1 aliphatic rings. The van der Waals surface area contributed by atoms with Gasteiger partial charge in [0, 0.05) is 39.0 Å². The number of hydrogen-bond donors (Lipinski definition) is 1. The minimum absolute atomic E-state index is 0. The van der Waals surface area contributed by atoms with Crippen LogP contribution in [0.25, 0.3) is 0 Å². The van der Waals surface area contributed by atoms with E-state index in [9.17, 15) is 0 Å². The summed E-state index contributed by atoms with van der Waals surface area (Å²) >= 11 is 0. The third kappa shape index (κ3) is 4.14. The molecule has 4 nitrogen and oxygen atoms in total. The Morgan fingerprint density at radius 1 is 1.53 bits per heavy atom. The summed E-state index contributed by atoms with van der Waals surface area (Å²) in [4.78, 5) is 6.90. The van der Waals surface area contributed by atoms with Crippen LogP contribution in [0.3, 0.4) is 0 Å². The van der Waals surface area contributed by atoms with E-state index < -0.39 is 0 Å². The first-order valence-electron chi connectivity index (χ1n) is 6.62. The fourth-order valence-electron chi connectivity index (χ4n) is 2.61. The van der Waals surface area contributed by atoms with Crippen molar-refractivity contribution in [1.82, 2.24) is 9.88 Å². The van der Waals surface area contributed by atoms with Gasteiger partial charge in [-0.25, -0.2) is 0 Å². The molecule has 108 valence electrons. The first-order valence-corrected chi connectivity index (χ1v) is 6.62. The molecule has 1 fully saturated rings. The molecule has 0 aliphatic carbocycles. The van der Waals surface area contributed by atoms with Crippen LogP contribution >= 0.6 is 12.4 Å². The molecule has 0 radical (unpaired) electrons. The quantitative estimate of drug-likeness (QED) is 0.916. The van der Waals surface area contributed by atoms with Gasteiger partial charge >= 0.3 is 0 Å². The lowest BCUT2D eigenvalue weighted by molar-refractivity contribution is 0.00972. The number of aromatic nitrogens is 1. The highest BCUT2D eigenvalue weighted by atomic mass is 35.5. The zero-order valence-electron chi connectivity index (χ0n) is 11.7. The van der Waals surface area contributed by atoms with Crippen LogP contribution in [0, 0.1) is 6.92 Å². The summed E-state index contributed by atoms with van der Waals surface area (Å²) in [5.41, 5.74) is 8.30. The number of hydrogen-bond acceptors (Lipinski definition) is 4. The average Bonchev–Trinajstić information content (AvgIpc) is 2.41. The third-order valence-corrected chi connectivity index (χ3v) is 3.87. The van der Waals surface area contributed by atoms with Gasteiger partial charge in [0.2, 0.25) is 0 Å². The molecule has 2 N–H and O–H groups in total. The molecule has 1 aromatic heterocycles. The predicted octanol–water partition coefficient (Wildman–Crippen LogP) is 1.75. The minimum atomic E-state index is 0. The molecule has 0 spiro atoms. The van der Waals surface area contributed by atoms with Gasteiger partial charge in [-0.3, -0.25) is 9.88 Å². The Bertz CT molecular complexity index is 389. The Labute approximate surface area is 121 Å². The maximum Gasteiger partial charge on any atom is 0.0599 e. The number of likely N-dealkylation sites (tertiary alicyclic amines) is 1. The second-order valence-electron chi connectivity index (χ2n) is 5.01. The molecule has 0 saturated carbocycles. The largest absolute Gasteiger partial charge is 0.381 e. The summed E-state index contributed by atoms with van der Waals surface area (Å²) in [6, 6.07) is 4.50. The van der Waals surface area contributed by atoms with Crippen molar-refractivity contribution < 1.29 is 4.74 Å². The van der Waals surface area contributed by atoms with Crippen LogP contribution in [0.1, 0.15) is 24.1 Å². The van der Waals surface area contributed by atoms with Crippen molar-refractivity contribution in [1.29, 1.82) is 0 Å². The van der Waals surface area contributed by atoms with Crippen molar-refractivity contribution in [2.45, 2.75) is 38.5 Å². The molecule has 2 atom stereocenters. The molecule has 2 rings (SSSR count). The number of rotatable bonds is 4. The molecule has 0 aromatic carbocycles. The van der Waals surface area contributed by atoms with E-state index >= 15 is 0 Å². The molecular weight excluding hydrogens is 262 g/mol. The molecule has 5 heteroatoms. The van der Waals surface area contributed by atoms with Crippen LogP contribution in [-0.4, -0.2) is 42.2 Å². The molecule has 0 amide bonds. The number of aryl methyl sites for hydroxylation is 1. The van der Waals surface area contributed by atoms with Crippen LogP contribution in [0.2, 0.25) is 0 Å². The highest BCUT2D eigenvalue weighted by Crippen LogP contribution is 2.21. The average molecular weight is 286 g/mol. The summed E-state index contributed by atoms with van der Waals surface area (Å²) in [7, 11) is 1.79. The van der Waals surface area contributed by atoms with Crippen LogP contribution in [-0.2, 0) is 11.3 Å². The van der Waals surface area contributed by atoms with Gasteiger partial charge in [0.25, 0.3) is 0 Å². The van der Waals surface area contributed by atoms with Crippen LogP contribution < -0.4 is 5.73 Å². The minimum Gasteiger partial charge on any atom is -0.381 e. The molecule has 2 unspecified atom stereocenters. The van der Waals surface area contributed by atoms with Gasteiger partial charge in [-0.15, -0.1) is 12.4 Å². The predicted molar refractivity (Wildman–Crippen MR) is 79.5 cm³/mol. The van der Waals surface area contributed by atoms with Crippen LogP contribution in [0.15, 0.2) is 18.3 Å². The van der Waals surface area contributed by atoms with Gasteiger partial charge in [-0.05, 0) is 31.4 Å². The zero-order valence-corrected chi connectivity index (χ0v) is 12.5. The lowest BCUT2D eigenvalue weighted by Crippen LogP contribution is -2.48. The van der Waals surface area contributed by atoms with Crippen molar-refractivity contribution in [3.8, 4) is 0 Å². The summed E-state index contributed by atoms with van der Waals surface area (Å²) in [6.45, 7) is 4.73. The lowest BCUT2D eigenvalue weighted by atomic mass is 9.98. The van der Waals surface area contributed by atoms with E-state index in [4.69, 9.17) is 10.5 Å². The monoisotopic (exact) mass is 285 g/mol. The fourth-order valence-corrected chi connectivity index (χ4v) is 2.61. The highest BCUT2D eigenvalue weighted by molar-refractivity contribution is 5.85. The van der Waals surface area contributed by atoms with E-state index in [-0.39, 0.29) is 12.4 Å². The molecule has 2 heterocycles. The number of nitrogens with two attached hydrogens (primary N) is 1. The van der Waals surface area contributed by atoms with Crippen molar-refractivity contribution in [2.75, 3.05) is 20.2 Å². The van der Waals surface area contributed by atoms with Gasteiger partial charge in [0.1, 0.15) is 0 Å². The Morgan fingerprint density at radius 3 is 2.95 bits per heavy atom. The molecule has 19 heavy (non-hydrogen) atoms. The van der Waals surface area contributed by atoms with Gasteiger partial charge in [-0.1, -0.05) is 6.07 Å². The van der Waals surface area contributed by atoms with E-state index in [1.54, 1.807) is 7.11 Å². The van der Waals surface area contributed by atoms with E-state index in [0.29, 0.717) is 18.7 Å². The highest BCUT2D eigenvalue weighted by Gasteiger charge is 2.27. The second-order valence-corrected chi connectivity index (χ2v) is 5.01. The summed E-state index contributed by atoms with van der Waals surface area (Å²) < 4.78 is 5.45. The molecule has 1 aliphatic heterocycles. The Hall–Kier alpha value is -0.680. The topological polar surface area (TPSA) is 51.4 Å². The van der Waals surface area contributed by atoms with Gasteiger partial charge < -0.3 is 10.5 Å². The van der Waals surface area contributed by atoms with Crippen molar-refractivity contribution >= 4 is 12.4 Å². The summed E-state index contributed by atoms with van der Waals surface area (Å²) in [5, 5.41) is 0. The van der Waals surface area contributed by atoms with Crippen molar-refractivity contribution in [2.24, 2.45) is 5.73 Å². The SMILES string of the molecule is COC1CCN(Cc2ncccc2C)C(CN)C1.Cl. The van der Waals surface area contributed by atoms with E-state index in [0.717, 1.165) is 31.6 Å². The molecule has 0 bridgehead atoms. The number of ether oxygens (including phenoxy) is 1. The van der Waals surface area contributed by atoms with Gasteiger partial charge in [0.05, 0.1) is 11.8 Å². The first-order chi connectivity index (χ1) is 8.74. The van der Waals surface area contributed by atoms with E-state index in [1.165, 1.54) is 5.56 Å². The third-order valence-electron chi connectivity index (χ3n) is 3.87. The lowest BCUT2D eigenvalue weighted by Gasteiger charge is -2.38. The Morgan fingerprint density at radius 2 is 2.32 bits per heavy atom. The van der Waals surface area contributed by atoms with Crippen molar-refractivity contribution in [3.63, 3.8) is 0 Å². The molecular formula is C14H24ClN3O. The van der Waals surface area contributed by atoms with Gasteiger partial charge in [0.15, 0.2) is 0 Å². The Kier molecular flexibility index (Phi) is 6.72. The van der Waals surface area contributed by atoms with Crippen molar-refractivity contribution in [3.05, 3.63) is 29.6 Å². The first kappa shape index (κ1) is 16.4.